The Morgan fingerprint density at radius 2 is 1.89 bits per heavy atom. The van der Waals surface area contributed by atoms with Gasteiger partial charge in [-0.1, -0.05) is 37.6 Å². The van der Waals surface area contributed by atoms with Gasteiger partial charge in [0.15, 0.2) is 5.96 Å². The maximum absolute atomic E-state index is 5.47. The molecule has 28 heavy (non-hydrogen) atoms. The van der Waals surface area contributed by atoms with E-state index in [2.05, 4.69) is 56.6 Å². The normalized spacial score (nSPS) is 22.2. The summed E-state index contributed by atoms with van der Waals surface area (Å²) in [5.41, 5.74) is 2.72. The number of aliphatic imine (C=N–C) groups is 1. The van der Waals surface area contributed by atoms with E-state index in [0.717, 1.165) is 58.4 Å². The van der Waals surface area contributed by atoms with Crippen LogP contribution < -0.4 is 10.6 Å². The number of morpholine rings is 1. The van der Waals surface area contributed by atoms with Gasteiger partial charge in [-0.2, -0.15) is 0 Å². The molecule has 2 saturated heterocycles. The molecule has 2 fully saturated rings. The number of ether oxygens (including phenoxy) is 1. The van der Waals surface area contributed by atoms with Gasteiger partial charge in [0.25, 0.3) is 0 Å². The van der Waals surface area contributed by atoms with Crippen LogP contribution in [0.15, 0.2) is 29.3 Å². The zero-order chi connectivity index (χ0) is 19.6. The van der Waals surface area contributed by atoms with Crippen molar-refractivity contribution in [2.75, 3.05) is 53.0 Å². The summed E-state index contributed by atoms with van der Waals surface area (Å²) in [6.07, 6.45) is 3.95. The fraction of sp³-hybridized carbons (Fsp3) is 0.682. The van der Waals surface area contributed by atoms with Crippen molar-refractivity contribution in [3.8, 4) is 0 Å². The van der Waals surface area contributed by atoms with Crippen molar-refractivity contribution in [3.05, 3.63) is 35.4 Å². The zero-order valence-corrected chi connectivity index (χ0v) is 17.6. The first kappa shape index (κ1) is 21.1. The SMILES string of the molecule is CCN1CCCCC1CNC(=NC)NCc1ccccc1CN1CCOCC1. The Morgan fingerprint density at radius 3 is 2.64 bits per heavy atom. The van der Waals surface area contributed by atoms with E-state index < -0.39 is 0 Å². The fourth-order valence-electron chi connectivity index (χ4n) is 4.21. The third kappa shape index (κ3) is 6.19. The maximum atomic E-state index is 5.47. The van der Waals surface area contributed by atoms with Gasteiger partial charge in [-0.25, -0.2) is 0 Å². The molecule has 0 saturated carbocycles. The van der Waals surface area contributed by atoms with Gasteiger partial charge in [-0.05, 0) is 37.1 Å². The second-order valence-electron chi connectivity index (χ2n) is 7.74. The highest BCUT2D eigenvalue weighted by molar-refractivity contribution is 5.79. The van der Waals surface area contributed by atoms with Crippen molar-refractivity contribution in [1.29, 1.82) is 0 Å². The molecule has 0 aromatic heterocycles. The Kier molecular flexibility index (Phi) is 8.58. The molecule has 0 bridgehead atoms. The second kappa shape index (κ2) is 11.4. The van der Waals surface area contributed by atoms with Crippen LogP contribution in [-0.4, -0.2) is 74.8 Å². The fourth-order valence-corrected chi connectivity index (χ4v) is 4.21. The number of guanidine groups is 1. The minimum atomic E-state index is 0.617. The minimum absolute atomic E-state index is 0.617. The van der Waals surface area contributed by atoms with Crippen molar-refractivity contribution in [2.45, 2.75) is 45.3 Å². The van der Waals surface area contributed by atoms with E-state index >= 15 is 0 Å². The van der Waals surface area contributed by atoms with E-state index in [4.69, 9.17) is 4.74 Å². The maximum Gasteiger partial charge on any atom is 0.191 e. The smallest absolute Gasteiger partial charge is 0.191 e. The molecule has 1 aromatic carbocycles. The van der Waals surface area contributed by atoms with E-state index in [0.29, 0.717) is 6.04 Å². The summed E-state index contributed by atoms with van der Waals surface area (Å²) < 4.78 is 5.47. The van der Waals surface area contributed by atoms with E-state index in [1.54, 1.807) is 0 Å². The summed E-state index contributed by atoms with van der Waals surface area (Å²) in [6, 6.07) is 9.33. The average molecular weight is 388 g/mol. The number of nitrogens with one attached hydrogen (secondary N) is 2. The molecule has 1 atom stereocenters. The summed E-state index contributed by atoms with van der Waals surface area (Å²) in [5.74, 6) is 0.891. The molecule has 6 nitrogen and oxygen atoms in total. The van der Waals surface area contributed by atoms with E-state index in [9.17, 15) is 0 Å². The molecule has 2 aliphatic rings. The number of hydrogen-bond acceptors (Lipinski definition) is 4. The van der Waals surface area contributed by atoms with Crippen molar-refractivity contribution < 1.29 is 4.74 Å². The van der Waals surface area contributed by atoms with Gasteiger partial charge in [0.05, 0.1) is 13.2 Å². The van der Waals surface area contributed by atoms with Crippen LogP contribution in [0, 0.1) is 0 Å². The lowest BCUT2D eigenvalue weighted by molar-refractivity contribution is 0.0341. The Bertz CT molecular complexity index is 615. The number of rotatable bonds is 7. The van der Waals surface area contributed by atoms with Crippen LogP contribution in [0.1, 0.15) is 37.3 Å². The number of piperidine rings is 1. The van der Waals surface area contributed by atoms with E-state index in [1.807, 2.05) is 7.05 Å². The van der Waals surface area contributed by atoms with Gasteiger partial charge in [-0.15, -0.1) is 0 Å². The molecule has 3 rings (SSSR count). The molecule has 0 spiro atoms. The Balaban J connectivity index is 1.50. The van der Waals surface area contributed by atoms with Crippen molar-refractivity contribution in [3.63, 3.8) is 0 Å². The molecule has 1 aromatic rings. The number of nitrogens with zero attached hydrogens (tertiary/aromatic N) is 3. The number of likely N-dealkylation sites (N-methyl/N-ethyl adjacent to an activating group) is 1. The van der Waals surface area contributed by atoms with Crippen LogP contribution >= 0.6 is 0 Å². The Morgan fingerprint density at radius 1 is 1.11 bits per heavy atom. The first-order chi connectivity index (χ1) is 13.8. The highest BCUT2D eigenvalue weighted by Crippen LogP contribution is 2.16. The highest BCUT2D eigenvalue weighted by atomic mass is 16.5. The lowest BCUT2D eigenvalue weighted by Crippen LogP contribution is -2.48. The van der Waals surface area contributed by atoms with Crippen molar-refractivity contribution >= 4 is 5.96 Å². The monoisotopic (exact) mass is 387 g/mol. The van der Waals surface area contributed by atoms with Gasteiger partial charge in [0.2, 0.25) is 0 Å². The third-order valence-electron chi connectivity index (χ3n) is 5.95. The molecule has 2 heterocycles. The number of hydrogen-bond donors (Lipinski definition) is 2. The van der Waals surface area contributed by atoms with Gasteiger partial charge in [0, 0.05) is 45.8 Å². The molecule has 0 aliphatic carbocycles. The molecule has 156 valence electrons. The largest absolute Gasteiger partial charge is 0.379 e. The third-order valence-corrected chi connectivity index (χ3v) is 5.95. The number of benzene rings is 1. The van der Waals surface area contributed by atoms with E-state index in [1.165, 1.54) is 36.9 Å². The Labute approximate surface area is 170 Å². The minimum Gasteiger partial charge on any atom is -0.379 e. The van der Waals surface area contributed by atoms with Crippen LogP contribution in [0.4, 0.5) is 0 Å². The summed E-state index contributed by atoms with van der Waals surface area (Å²) in [4.78, 5) is 9.49. The lowest BCUT2D eigenvalue weighted by Gasteiger charge is -2.35. The van der Waals surface area contributed by atoms with Crippen molar-refractivity contribution in [2.24, 2.45) is 4.99 Å². The van der Waals surface area contributed by atoms with Crippen molar-refractivity contribution in [1.82, 2.24) is 20.4 Å². The summed E-state index contributed by atoms with van der Waals surface area (Å²) in [5, 5.41) is 7.06. The predicted molar refractivity (Wildman–Crippen MR) is 116 cm³/mol. The van der Waals surface area contributed by atoms with Crippen LogP contribution in [0.3, 0.4) is 0 Å². The highest BCUT2D eigenvalue weighted by Gasteiger charge is 2.21. The second-order valence-corrected chi connectivity index (χ2v) is 7.74. The predicted octanol–water partition coefficient (Wildman–Crippen LogP) is 2.06. The molecule has 0 radical (unpaired) electrons. The van der Waals surface area contributed by atoms with Crippen LogP contribution in [0.2, 0.25) is 0 Å². The van der Waals surface area contributed by atoms with Gasteiger partial charge in [-0.3, -0.25) is 14.8 Å². The van der Waals surface area contributed by atoms with Crippen LogP contribution in [0.25, 0.3) is 0 Å². The molecule has 2 N–H and O–H groups in total. The Hall–Kier alpha value is -1.63. The quantitative estimate of drug-likeness (QED) is 0.554. The molecule has 1 unspecified atom stereocenters. The molecular formula is C22H37N5O. The molecule has 0 amide bonds. The number of likely N-dealkylation sites (tertiary alicyclic amines) is 1. The standard InChI is InChI=1S/C22H37N5O/c1-3-27-11-7-6-10-21(27)17-25-22(23-2)24-16-19-8-4-5-9-20(19)18-26-12-14-28-15-13-26/h4-5,8-9,21H,3,6-7,10-18H2,1-2H3,(H2,23,24,25). The first-order valence-electron chi connectivity index (χ1n) is 10.9. The van der Waals surface area contributed by atoms with Gasteiger partial charge < -0.3 is 15.4 Å². The molecular weight excluding hydrogens is 350 g/mol. The first-order valence-corrected chi connectivity index (χ1v) is 10.9. The zero-order valence-electron chi connectivity index (χ0n) is 17.6. The lowest BCUT2D eigenvalue weighted by atomic mass is 10.0. The van der Waals surface area contributed by atoms with Gasteiger partial charge >= 0.3 is 0 Å². The summed E-state index contributed by atoms with van der Waals surface area (Å²) in [6.45, 7) is 11.1. The van der Waals surface area contributed by atoms with Crippen LogP contribution in [0.5, 0.6) is 0 Å². The topological polar surface area (TPSA) is 52.1 Å². The molecule has 2 aliphatic heterocycles. The summed E-state index contributed by atoms with van der Waals surface area (Å²) in [7, 11) is 1.85. The molecule has 6 heteroatoms. The average Bonchev–Trinajstić information content (AvgIpc) is 2.76. The van der Waals surface area contributed by atoms with Crippen LogP contribution in [-0.2, 0) is 17.8 Å². The van der Waals surface area contributed by atoms with E-state index in [-0.39, 0.29) is 0 Å². The van der Waals surface area contributed by atoms with Gasteiger partial charge in [0.1, 0.15) is 0 Å². The summed E-state index contributed by atoms with van der Waals surface area (Å²) >= 11 is 0.